The van der Waals surface area contributed by atoms with Crippen molar-refractivity contribution in [3.8, 4) is 0 Å². The number of hydrogen-bond acceptors (Lipinski definition) is 3. The number of rotatable bonds is 1. The van der Waals surface area contributed by atoms with Crippen LogP contribution in [-0.2, 0) is 9.47 Å². The normalized spacial score (nSPS) is 23.2. The molecule has 0 N–H and O–H groups in total. The fourth-order valence-electron chi connectivity index (χ4n) is 2.70. The second-order valence-electron chi connectivity index (χ2n) is 5.21. The van der Waals surface area contributed by atoms with E-state index in [4.69, 9.17) is 21.1 Å². The Labute approximate surface area is 129 Å². The van der Waals surface area contributed by atoms with Crippen LogP contribution in [0.15, 0.2) is 24.3 Å². The first-order chi connectivity index (χ1) is 10.3. The largest absolute Gasteiger partial charge is 0.378 e. The molecule has 1 atom stereocenters. The molecule has 2 saturated heterocycles. The highest BCUT2D eigenvalue weighted by molar-refractivity contribution is 6.31. The Bertz CT molecular complexity index is 505. The van der Waals surface area contributed by atoms with E-state index in [-0.39, 0.29) is 12.1 Å². The van der Waals surface area contributed by atoms with Gasteiger partial charge >= 0.3 is 6.03 Å². The van der Waals surface area contributed by atoms with E-state index in [1.807, 2.05) is 34.1 Å². The predicted molar refractivity (Wildman–Crippen MR) is 79.5 cm³/mol. The summed E-state index contributed by atoms with van der Waals surface area (Å²) in [6.07, 6.45) is -0.155. The van der Waals surface area contributed by atoms with Gasteiger partial charge in [0.25, 0.3) is 0 Å². The van der Waals surface area contributed by atoms with E-state index in [1.54, 1.807) is 0 Å². The summed E-state index contributed by atoms with van der Waals surface area (Å²) in [4.78, 5) is 16.2. The number of urea groups is 1. The molecule has 3 rings (SSSR count). The molecule has 5 nitrogen and oxygen atoms in total. The number of carbonyl (C=O) groups is 1. The standard InChI is InChI=1S/C15H19ClN2O3/c16-13-4-2-1-3-12(13)14-11-18(7-10-21-14)15(19)17-5-8-20-9-6-17/h1-4,14H,5-11H2. The zero-order valence-corrected chi connectivity index (χ0v) is 12.6. The summed E-state index contributed by atoms with van der Waals surface area (Å²) < 4.78 is 11.1. The molecule has 21 heavy (non-hydrogen) atoms. The van der Waals surface area contributed by atoms with Crippen molar-refractivity contribution < 1.29 is 14.3 Å². The van der Waals surface area contributed by atoms with E-state index >= 15 is 0 Å². The van der Waals surface area contributed by atoms with Crippen LogP contribution < -0.4 is 0 Å². The van der Waals surface area contributed by atoms with E-state index in [9.17, 15) is 4.79 Å². The zero-order valence-electron chi connectivity index (χ0n) is 11.8. The van der Waals surface area contributed by atoms with Gasteiger partial charge in [-0.25, -0.2) is 4.79 Å². The van der Waals surface area contributed by atoms with Crippen LogP contribution in [0.3, 0.4) is 0 Å². The molecule has 2 aliphatic heterocycles. The molecule has 0 saturated carbocycles. The third-order valence-corrected chi connectivity index (χ3v) is 4.21. The maximum absolute atomic E-state index is 12.5. The number of benzene rings is 1. The molecule has 1 aromatic carbocycles. The highest BCUT2D eigenvalue weighted by Gasteiger charge is 2.29. The quantitative estimate of drug-likeness (QED) is 0.798. The van der Waals surface area contributed by atoms with Crippen LogP contribution in [0.2, 0.25) is 5.02 Å². The van der Waals surface area contributed by atoms with Crippen LogP contribution in [-0.4, -0.2) is 61.8 Å². The van der Waals surface area contributed by atoms with Gasteiger partial charge in [0.1, 0.15) is 6.10 Å². The number of halogens is 1. The maximum atomic E-state index is 12.5. The van der Waals surface area contributed by atoms with Gasteiger partial charge in [0.2, 0.25) is 0 Å². The maximum Gasteiger partial charge on any atom is 0.320 e. The first-order valence-electron chi connectivity index (χ1n) is 7.23. The van der Waals surface area contributed by atoms with Crippen LogP contribution in [0.25, 0.3) is 0 Å². The molecule has 0 aliphatic carbocycles. The van der Waals surface area contributed by atoms with Crippen molar-refractivity contribution in [2.75, 3.05) is 46.0 Å². The van der Waals surface area contributed by atoms with E-state index in [0.29, 0.717) is 51.0 Å². The summed E-state index contributed by atoms with van der Waals surface area (Å²) in [6, 6.07) is 7.70. The minimum absolute atomic E-state index is 0.0682. The van der Waals surface area contributed by atoms with E-state index in [2.05, 4.69) is 0 Å². The van der Waals surface area contributed by atoms with Crippen LogP contribution in [0.1, 0.15) is 11.7 Å². The molecule has 2 fully saturated rings. The molecule has 0 spiro atoms. The Hall–Kier alpha value is -1.30. The molecule has 0 radical (unpaired) electrons. The molecule has 114 valence electrons. The lowest BCUT2D eigenvalue weighted by Gasteiger charge is -2.37. The lowest BCUT2D eigenvalue weighted by atomic mass is 10.1. The Morgan fingerprint density at radius 2 is 1.81 bits per heavy atom. The first-order valence-corrected chi connectivity index (χ1v) is 7.61. The molecule has 6 heteroatoms. The van der Waals surface area contributed by atoms with Crippen molar-refractivity contribution in [3.05, 3.63) is 34.9 Å². The monoisotopic (exact) mass is 310 g/mol. The highest BCUT2D eigenvalue weighted by Crippen LogP contribution is 2.28. The average Bonchev–Trinajstić information content (AvgIpc) is 2.55. The van der Waals surface area contributed by atoms with Gasteiger partial charge < -0.3 is 19.3 Å². The number of ether oxygens (including phenoxy) is 2. The molecule has 2 aliphatic rings. The Morgan fingerprint density at radius 1 is 1.10 bits per heavy atom. The molecule has 1 unspecified atom stereocenters. The second kappa shape index (κ2) is 6.64. The summed E-state index contributed by atoms with van der Waals surface area (Å²) in [5.41, 5.74) is 0.943. The topological polar surface area (TPSA) is 42.0 Å². The lowest BCUT2D eigenvalue weighted by molar-refractivity contribution is -0.0264. The Kier molecular flexibility index (Phi) is 4.63. The molecular weight excluding hydrogens is 292 g/mol. The van der Waals surface area contributed by atoms with Crippen molar-refractivity contribution >= 4 is 17.6 Å². The smallest absolute Gasteiger partial charge is 0.320 e. The molecule has 2 heterocycles. The van der Waals surface area contributed by atoms with Crippen molar-refractivity contribution in [1.29, 1.82) is 0 Å². The highest BCUT2D eigenvalue weighted by atomic mass is 35.5. The van der Waals surface area contributed by atoms with Crippen LogP contribution in [0.5, 0.6) is 0 Å². The molecule has 0 aromatic heterocycles. The summed E-state index contributed by atoms with van der Waals surface area (Å²) in [5.74, 6) is 0. The Morgan fingerprint density at radius 3 is 2.57 bits per heavy atom. The van der Waals surface area contributed by atoms with Crippen molar-refractivity contribution in [2.45, 2.75) is 6.10 Å². The summed E-state index contributed by atoms with van der Waals surface area (Å²) in [7, 11) is 0. The van der Waals surface area contributed by atoms with Crippen molar-refractivity contribution in [3.63, 3.8) is 0 Å². The van der Waals surface area contributed by atoms with Gasteiger partial charge in [-0.2, -0.15) is 0 Å². The van der Waals surface area contributed by atoms with Gasteiger partial charge in [0.05, 0.1) is 26.4 Å². The molecule has 2 amide bonds. The van der Waals surface area contributed by atoms with E-state index < -0.39 is 0 Å². The van der Waals surface area contributed by atoms with Gasteiger partial charge in [-0.3, -0.25) is 0 Å². The third-order valence-electron chi connectivity index (χ3n) is 3.87. The molecular formula is C15H19ClN2O3. The lowest BCUT2D eigenvalue weighted by Crippen LogP contribution is -2.51. The van der Waals surface area contributed by atoms with Crippen LogP contribution in [0, 0.1) is 0 Å². The SMILES string of the molecule is O=C(N1CCOCC1)N1CCOC(c2ccccc2Cl)C1. The van der Waals surface area contributed by atoms with Gasteiger partial charge in [-0.15, -0.1) is 0 Å². The third kappa shape index (κ3) is 3.31. The number of morpholine rings is 2. The van der Waals surface area contributed by atoms with Gasteiger partial charge in [0, 0.05) is 30.2 Å². The van der Waals surface area contributed by atoms with Crippen molar-refractivity contribution in [1.82, 2.24) is 9.80 Å². The number of amides is 2. The fraction of sp³-hybridized carbons (Fsp3) is 0.533. The number of carbonyl (C=O) groups excluding carboxylic acids is 1. The summed E-state index contributed by atoms with van der Waals surface area (Å²) >= 11 is 6.22. The van der Waals surface area contributed by atoms with Crippen LogP contribution >= 0.6 is 11.6 Å². The van der Waals surface area contributed by atoms with Crippen molar-refractivity contribution in [2.24, 2.45) is 0 Å². The zero-order chi connectivity index (χ0) is 14.7. The molecule has 0 bridgehead atoms. The van der Waals surface area contributed by atoms with Gasteiger partial charge in [-0.05, 0) is 6.07 Å². The van der Waals surface area contributed by atoms with Gasteiger partial charge in [0.15, 0.2) is 0 Å². The number of nitrogens with zero attached hydrogens (tertiary/aromatic N) is 2. The summed E-state index contributed by atoms with van der Waals surface area (Å²) in [5, 5.41) is 0.683. The average molecular weight is 311 g/mol. The van der Waals surface area contributed by atoms with E-state index in [1.165, 1.54) is 0 Å². The number of hydrogen-bond donors (Lipinski definition) is 0. The second-order valence-corrected chi connectivity index (χ2v) is 5.62. The van der Waals surface area contributed by atoms with Crippen LogP contribution in [0.4, 0.5) is 4.79 Å². The first kappa shape index (κ1) is 14.6. The molecule has 1 aromatic rings. The summed E-state index contributed by atoms with van der Waals surface area (Å²) in [6.45, 7) is 4.25. The Balaban J connectivity index is 1.68. The predicted octanol–water partition coefficient (Wildman–Crippen LogP) is 2.17. The minimum Gasteiger partial charge on any atom is -0.378 e. The minimum atomic E-state index is -0.155. The van der Waals surface area contributed by atoms with Gasteiger partial charge in [-0.1, -0.05) is 29.8 Å². The van der Waals surface area contributed by atoms with E-state index in [0.717, 1.165) is 5.56 Å². The fourth-order valence-corrected chi connectivity index (χ4v) is 2.96.